The lowest BCUT2D eigenvalue weighted by Crippen LogP contribution is -2.32. The number of carbonyl (C=O) groups excluding carboxylic acids is 2. The summed E-state index contributed by atoms with van der Waals surface area (Å²) in [5.41, 5.74) is 5.77. The first-order chi connectivity index (χ1) is 9.45. The van der Waals surface area contributed by atoms with Crippen LogP contribution in [0.5, 0.6) is 0 Å². The van der Waals surface area contributed by atoms with Crippen molar-refractivity contribution in [3.8, 4) is 0 Å². The van der Waals surface area contributed by atoms with Gasteiger partial charge in [-0.2, -0.15) is 0 Å². The van der Waals surface area contributed by atoms with Crippen LogP contribution >= 0.6 is 0 Å². The quantitative estimate of drug-likeness (QED) is 0.691. The molecule has 0 spiro atoms. The van der Waals surface area contributed by atoms with Crippen molar-refractivity contribution < 1.29 is 19.5 Å². The zero-order chi connectivity index (χ0) is 15.1. The van der Waals surface area contributed by atoms with Crippen LogP contribution in [0.15, 0.2) is 24.3 Å². The number of carboxylic acids is 1. The summed E-state index contributed by atoms with van der Waals surface area (Å²) in [6.07, 6.45) is 1.25. The van der Waals surface area contributed by atoms with Crippen molar-refractivity contribution in [1.29, 1.82) is 0 Å². The van der Waals surface area contributed by atoms with Gasteiger partial charge in [-0.15, -0.1) is 0 Å². The van der Waals surface area contributed by atoms with E-state index in [9.17, 15) is 14.4 Å². The minimum Gasteiger partial charge on any atom is -0.481 e. The van der Waals surface area contributed by atoms with E-state index in [2.05, 4.69) is 5.32 Å². The first-order valence-electron chi connectivity index (χ1n) is 6.36. The molecule has 0 fully saturated rings. The molecule has 1 unspecified atom stereocenters. The molecule has 1 rings (SSSR count). The Morgan fingerprint density at radius 1 is 1.20 bits per heavy atom. The number of aliphatic carboxylic acids is 1. The monoisotopic (exact) mass is 278 g/mol. The van der Waals surface area contributed by atoms with Gasteiger partial charge in [-0.3, -0.25) is 14.4 Å². The molecular formula is C14H18N2O4. The number of hydrogen-bond acceptors (Lipinski definition) is 3. The molecule has 0 aliphatic carbocycles. The van der Waals surface area contributed by atoms with Crippen LogP contribution in [0, 0.1) is 5.92 Å². The highest BCUT2D eigenvalue weighted by Crippen LogP contribution is 2.07. The van der Waals surface area contributed by atoms with Crippen LogP contribution in [0.2, 0.25) is 0 Å². The van der Waals surface area contributed by atoms with E-state index >= 15 is 0 Å². The average molecular weight is 278 g/mol. The standard InChI is InChI=1S/C14H18N2O4/c1-2-3-11(14(19)20)8-16-13(18)10-6-4-9(5-7-10)12(15)17/h4-7,11H,2-3,8H2,1H3,(H2,15,17)(H,16,18)(H,19,20). The summed E-state index contributed by atoms with van der Waals surface area (Å²) < 4.78 is 0. The molecule has 0 aliphatic rings. The third kappa shape index (κ3) is 4.38. The van der Waals surface area contributed by atoms with Crippen LogP contribution in [-0.2, 0) is 4.79 Å². The molecule has 4 N–H and O–H groups in total. The lowest BCUT2D eigenvalue weighted by Gasteiger charge is -2.12. The molecular weight excluding hydrogens is 260 g/mol. The first kappa shape index (κ1) is 15.7. The van der Waals surface area contributed by atoms with E-state index in [0.29, 0.717) is 17.5 Å². The third-order valence-corrected chi connectivity index (χ3v) is 2.93. The van der Waals surface area contributed by atoms with Gasteiger partial charge in [0, 0.05) is 17.7 Å². The van der Waals surface area contributed by atoms with Crippen molar-refractivity contribution in [3.63, 3.8) is 0 Å². The Morgan fingerprint density at radius 3 is 2.20 bits per heavy atom. The van der Waals surface area contributed by atoms with Crippen LogP contribution in [0.1, 0.15) is 40.5 Å². The van der Waals surface area contributed by atoms with Gasteiger partial charge in [-0.25, -0.2) is 0 Å². The molecule has 0 bridgehead atoms. The van der Waals surface area contributed by atoms with Gasteiger partial charge in [0.1, 0.15) is 0 Å². The minimum absolute atomic E-state index is 0.0829. The molecule has 0 saturated carbocycles. The topological polar surface area (TPSA) is 109 Å². The van der Waals surface area contributed by atoms with E-state index in [1.807, 2.05) is 6.92 Å². The van der Waals surface area contributed by atoms with Crippen molar-refractivity contribution >= 4 is 17.8 Å². The molecule has 0 heterocycles. The molecule has 0 aliphatic heterocycles. The molecule has 6 heteroatoms. The fourth-order valence-corrected chi connectivity index (χ4v) is 1.77. The van der Waals surface area contributed by atoms with Crippen LogP contribution in [0.25, 0.3) is 0 Å². The van der Waals surface area contributed by atoms with Crippen molar-refractivity contribution in [2.45, 2.75) is 19.8 Å². The van der Waals surface area contributed by atoms with Gasteiger partial charge >= 0.3 is 5.97 Å². The lowest BCUT2D eigenvalue weighted by molar-refractivity contribution is -0.141. The number of carboxylic acid groups (broad SMARTS) is 1. The van der Waals surface area contributed by atoms with Crippen LogP contribution < -0.4 is 11.1 Å². The molecule has 1 aromatic carbocycles. The van der Waals surface area contributed by atoms with Crippen molar-refractivity contribution in [1.82, 2.24) is 5.32 Å². The van der Waals surface area contributed by atoms with Crippen molar-refractivity contribution in [3.05, 3.63) is 35.4 Å². The van der Waals surface area contributed by atoms with E-state index in [1.165, 1.54) is 24.3 Å². The number of carbonyl (C=O) groups is 3. The predicted molar refractivity (Wildman–Crippen MR) is 73.3 cm³/mol. The average Bonchev–Trinajstić information content (AvgIpc) is 2.42. The van der Waals surface area contributed by atoms with Gasteiger partial charge in [0.25, 0.3) is 5.91 Å². The molecule has 0 saturated heterocycles. The third-order valence-electron chi connectivity index (χ3n) is 2.93. The Bertz CT molecular complexity index is 496. The second kappa shape index (κ2) is 7.28. The zero-order valence-corrected chi connectivity index (χ0v) is 11.3. The summed E-state index contributed by atoms with van der Waals surface area (Å²) in [7, 11) is 0. The zero-order valence-electron chi connectivity index (χ0n) is 11.3. The summed E-state index contributed by atoms with van der Waals surface area (Å²) >= 11 is 0. The van der Waals surface area contributed by atoms with Gasteiger partial charge < -0.3 is 16.2 Å². The number of nitrogens with one attached hydrogen (secondary N) is 1. The number of primary amides is 1. The maximum absolute atomic E-state index is 11.8. The molecule has 0 radical (unpaired) electrons. The summed E-state index contributed by atoms with van der Waals surface area (Å²) in [5, 5.41) is 11.6. The Morgan fingerprint density at radius 2 is 1.75 bits per heavy atom. The largest absolute Gasteiger partial charge is 0.481 e. The SMILES string of the molecule is CCCC(CNC(=O)c1ccc(C(N)=O)cc1)C(=O)O. The summed E-state index contributed by atoms with van der Waals surface area (Å²) in [6, 6.07) is 5.87. The Hall–Kier alpha value is -2.37. The first-order valence-corrected chi connectivity index (χ1v) is 6.36. The highest BCUT2D eigenvalue weighted by Gasteiger charge is 2.17. The summed E-state index contributed by atoms with van der Waals surface area (Å²) in [4.78, 5) is 33.7. The highest BCUT2D eigenvalue weighted by atomic mass is 16.4. The molecule has 6 nitrogen and oxygen atoms in total. The van der Waals surface area contributed by atoms with E-state index in [4.69, 9.17) is 10.8 Å². The van der Waals surface area contributed by atoms with E-state index in [-0.39, 0.29) is 12.5 Å². The predicted octanol–water partition coefficient (Wildman–Crippen LogP) is 1.02. The van der Waals surface area contributed by atoms with Gasteiger partial charge in [0.15, 0.2) is 0 Å². The summed E-state index contributed by atoms with van der Waals surface area (Å²) in [5.74, 6) is -2.45. The molecule has 2 amide bonds. The second-order valence-corrected chi connectivity index (χ2v) is 4.48. The minimum atomic E-state index is -0.920. The number of nitrogens with two attached hydrogens (primary N) is 1. The highest BCUT2D eigenvalue weighted by molar-refractivity contribution is 5.97. The number of rotatable bonds is 7. The Kier molecular flexibility index (Phi) is 5.71. The van der Waals surface area contributed by atoms with E-state index in [0.717, 1.165) is 6.42 Å². The molecule has 108 valence electrons. The molecule has 0 aromatic heterocycles. The number of hydrogen-bond donors (Lipinski definition) is 3. The van der Waals surface area contributed by atoms with E-state index < -0.39 is 17.8 Å². The molecule has 1 atom stereocenters. The maximum Gasteiger partial charge on any atom is 0.308 e. The molecule has 20 heavy (non-hydrogen) atoms. The van der Waals surface area contributed by atoms with Crippen molar-refractivity contribution in [2.75, 3.05) is 6.54 Å². The summed E-state index contributed by atoms with van der Waals surface area (Å²) in [6.45, 7) is 1.97. The Labute approximate surface area is 117 Å². The van der Waals surface area contributed by atoms with Gasteiger partial charge in [0.2, 0.25) is 5.91 Å². The van der Waals surface area contributed by atoms with Gasteiger partial charge in [-0.05, 0) is 30.7 Å². The Balaban J connectivity index is 2.62. The maximum atomic E-state index is 11.8. The van der Waals surface area contributed by atoms with Crippen molar-refractivity contribution in [2.24, 2.45) is 11.7 Å². The van der Waals surface area contributed by atoms with Gasteiger partial charge in [-0.1, -0.05) is 13.3 Å². The van der Waals surface area contributed by atoms with Crippen LogP contribution in [0.4, 0.5) is 0 Å². The van der Waals surface area contributed by atoms with Crippen LogP contribution in [-0.4, -0.2) is 29.4 Å². The molecule has 1 aromatic rings. The lowest BCUT2D eigenvalue weighted by atomic mass is 10.0. The van der Waals surface area contributed by atoms with Gasteiger partial charge in [0.05, 0.1) is 5.92 Å². The fraction of sp³-hybridized carbons (Fsp3) is 0.357. The van der Waals surface area contributed by atoms with Crippen LogP contribution in [0.3, 0.4) is 0 Å². The normalized spacial score (nSPS) is 11.7. The fourth-order valence-electron chi connectivity index (χ4n) is 1.77. The number of benzene rings is 1. The van der Waals surface area contributed by atoms with E-state index in [1.54, 1.807) is 0 Å². The smallest absolute Gasteiger partial charge is 0.308 e. The number of amides is 2. The second-order valence-electron chi connectivity index (χ2n) is 4.48.